The quantitative estimate of drug-likeness (QED) is 0.686. The summed E-state index contributed by atoms with van der Waals surface area (Å²) in [5.74, 6) is 2.87. The Hall–Kier alpha value is -1.51. The zero-order chi connectivity index (χ0) is 13.7. The van der Waals surface area contributed by atoms with E-state index in [2.05, 4.69) is 36.2 Å². The zero-order valence-electron chi connectivity index (χ0n) is 11.3. The van der Waals surface area contributed by atoms with E-state index in [-0.39, 0.29) is 7.43 Å². The van der Waals surface area contributed by atoms with Gasteiger partial charge in [0.25, 0.3) is 0 Å². The molecule has 21 heavy (non-hydrogen) atoms. The average molecular weight is 302 g/mol. The molecule has 2 aromatic carbocycles. The first-order chi connectivity index (χ1) is 9.72. The van der Waals surface area contributed by atoms with Crippen LogP contribution in [0.4, 0.5) is 0 Å². The maximum atomic E-state index is 6.20. The summed E-state index contributed by atoms with van der Waals surface area (Å²) in [6.07, 6.45) is 0. The van der Waals surface area contributed by atoms with Gasteiger partial charge in [-0.25, -0.2) is 0 Å². The number of likely N-dealkylation sites (tertiary alicyclic amines) is 1. The van der Waals surface area contributed by atoms with Crippen LogP contribution in [0.1, 0.15) is 30.4 Å². The van der Waals surface area contributed by atoms with Crippen LogP contribution in [0.3, 0.4) is 0 Å². The maximum Gasteiger partial charge on any atom is 0.131 e. The van der Waals surface area contributed by atoms with Crippen molar-refractivity contribution in [1.29, 1.82) is 0 Å². The third kappa shape index (κ3) is 2.33. The summed E-state index contributed by atoms with van der Waals surface area (Å²) in [5.41, 5.74) is 2.55. The molecule has 0 N–H and O–H groups in total. The Morgan fingerprint density at radius 1 is 1.00 bits per heavy atom. The van der Waals surface area contributed by atoms with Gasteiger partial charge >= 0.3 is 0 Å². The van der Waals surface area contributed by atoms with Gasteiger partial charge in [0.1, 0.15) is 11.5 Å². The lowest BCUT2D eigenvalue weighted by atomic mass is 9.84. The predicted molar refractivity (Wildman–Crippen MR) is 87.7 cm³/mol. The summed E-state index contributed by atoms with van der Waals surface area (Å²) in [4.78, 5) is 2.39. The normalized spacial score (nSPS) is 23.1. The molecular weight excluding hydrogens is 282 g/mol. The number of nitrogens with zero attached hydrogens (tertiary/aromatic N) is 1. The van der Waals surface area contributed by atoms with Gasteiger partial charge in [-0.2, -0.15) is 0 Å². The van der Waals surface area contributed by atoms with E-state index in [9.17, 15) is 0 Å². The SMILES string of the molecule is C.CN1CC2c3ccccc3Oc3ccc(Cl)cc3[C@@H]2C1. The Labute approximate surface area is 131 Å². The topological polar surface area (TPSA) is 12.5 Å². The number of ether oxygens (including phenoxy) is 1. The minimum absolute atomic E-state index is 0. The van der Waals surface area contributed by atoms with Gasteiger partial charge < -0.3 is 9.64 Å². The van der Waals surface area contributed by atoms with Crippen molar-refractivity contribution in [2.45, 2.75) is 19.3 Å². The van der Waals surface area contributed by atoms with E-state index >= 15 is 0 Å². The second kappa shape index (κ2) is 5.36. The standard InChI is InChI=1S/C17H16ClNO.CH4/c1-19-9-14-12-4-2-3-5-16(12)20-17-7-6-11(18)8-13(17)15(14)10-19;/h2-8,14-15H,9-10H2,1H3;1H4/t14?,15-;/m0./s1. The maximum absolute atomic E-state index is 6.20. The Balaban J connectivity index is 0.00000132. The molecule has 0 radical (unpaired) electrons. The molecule has 0 bridgehead atoms. The summed E-state index contributed by atoms with van der Waals surface area (Å²) in [6.45, 7) is 2.12. The molecule has 0 aromatic heterocycles. The fourth-order valence-corrected chi connectivity index (χ4v) is 3.71. The summed E-state index contributed by atoms with van der Waals surface area (Å²) in [7, 11) is 2.18. The molecule has 0 saturated carbocycles. The van der Waals surface area contributed by atoms with Crippen LogP contribution in [-0.4, -0.2) is 25.0 Å². The predicted octanol–water partition coefficient (Wildman–Crippen LogP) is 4.89. The lowest BCUT2D eigenvalue weighted by molar-refractivity contribution is 0.401. The number of hydrogen-bond donors (Lipinski definition) is 0. The van der Waals surface area contributed by atoms with E-state index in [0.29, 0.717) is 11.8 Å². The molecule has 110 valence electrons. The molecule has 2 atom stereocenters. The van der Waals surface area contributed by atoms with E-state index in [0.717, 1.165) is 29.6 Å². The third-order valence-electron chi connectivity index (χ3n) is 4.41. The molecule has 1 unspecified atom stereocenters. The Morgan fingerprint density at radius 3 is 2.48 bits per heavy atom. The Morgan fingerprint density at radius 2 is 1.67 bits per heavy atom. The van der Waals surface area contributed by atoms with E-state index in [4.69, 9.17) is 16.3 Å². The smallest absolute Gasteiger partial charge is 0.131 e. The van der Waals surface area contributed by atoms with Crippen LogP contribution in [-0.2, 0) is 0 Å². The molecule has 0 amide bonds. The van der Waals surface area contributed by atoms with Gasteiger partial charge in [0, 0.05) is 35.5 Å². The van der Waals surface area contributed by atoms with Crippen LogP contribution in [0.15, 0.2) is 42.5 Å². The molecule has 4 rings (SSSR count). The van der Waals surface area contributed by atoms with Gasteiger partial charge in [-0.1, -0.05) is 37.2 Å². The molecule has 2 heterocycles. The highest BCUT2D eigenvalue weighted by Gasteiger charge is 2.38. The van der Waals surface area contributed by atoms with E-state index in [1.165, 1.54) is 11.1 Å². The molecule has 0 aliphatic carbocycles. The van der Waals surface area contributed by atoms with Gasteiger partial charge in [-0.15, -0.1) is 0 Å². The largest absolute Gasteiger partial charge is 0.457 e. The molecule has 3 heteroatoms. The number of halogens is 1. The molecule has 2 aliphatic rings. The van der Waals surface area contributed by atoms with Crippen LogP contribution in [0.25, 0.3) is 0 Å². The highest BCUT2D eigenvalue weighted by atomic mass is 35.5. The first kappa shape index (κ1) is 14.4. The van der Waals surface area contributed by atoms with Crippen molar-refractivity contribution in [3.63, 3.8) is 0 Å². The lowest BCUT2D eigenvalue weighted by Gasteiger charge is -2.17. The van der Waals surface area contributed by atoms with Crippen molar-refractivity contribution in [2.75, 3.05) is 20.1 Å². The van der Waals surface area contributed by atoms with Crippen molar-refractivity contribution in [3.8, 4) is 11.5 Å². The molecule has 2 aliphatic heterocycles. The third-order valence-corrected chi connectivity index (χ3v) is 4.65. The van der Waals surface area contributed by atoms with Crippen molar-refractivity contribution >= 4 is 11.6 Å². The highest BCUT2D eigenvalue weighted by molar-refractivity contribution is 6.30. The number of likely N-dealkylation sites (N-methyl/N-ethyl adjacent to an activating group) is 1. The van der Waals surface area contributed by atoms with E-state index in [1.807, 2.05) is 18.2 Å². The number of benzene rings is 2. The Kier molecular flexibility index (Phi) is 3.68. The summed E-state index contributed by atoms with van der Waals surface area (Å²) >= 11 is 6.20. The van der Waals surface area contributed by atoms with E-state index < -0.39 is 0 Å². The van der Waals surface area contributed by atoms with Crippen LogP contribution in [0.2, 0.25) is 5.02 Å². The fourth-order valence-electron chi connectivity index (χ4n) is 3.53. The first-order valence-corrected chi connectivity index (χ1v) is 7.35. The van der Waals surface area contributed by atoms with Crippen molar-refractivity contribution < 1.29 is 4.74 Å². The van der Waals surface area contributed by atoms with Gasteiger partial charge in [-0.05, 0) is 36.9 Å². The van der Waals surface area contributed by atoms with Crippen LogP contribution >= 0.6 is 11.6 Å². The summed E-state index contributed by atoms with van der Waals surface area (Å²) in [6, 6.07) is 14.4. The lowest BCUT2D eigenvalue weighted by Crippen LogP contribution is -2.14. The van der Waals surface area contributed by atoms with Crippen LogP contribution < -0.4 is 4.74 Å². The van der Waals surface area contributed by atoms with Gasteiger partial charge in [0.05, 0.1) is 0 Å². The Bertz CT molecular complexity index is 670. The van der Waals surface area contributed by atoms with Crippen LogP contribution in [0.5, 0.6) is 11.5 Å². The number of para-hydroxylation sites is 1. The van der Waals surface area contributed by atoms with Gasteiger partial charge in [0.2, 0.25) is 0 Å². The van der Waals surface area contributed by atoms with Crippen molar-refractivity contribution in [3.05, 3.63) is 58.6 Å². The molecule has 2 nitrogen and oxygen atoms in total. The zero-order valence-corrected chi connectivity index (χ0v) is 12.1. The summed E-state index contributed by atoms with van der Waals surface area (Å²) < 4.78 is 6.15. The number of fused-ring (bicyclic) bond motifs is 5. The fraction of sp³-hybridized carbons (Fsp3) is 0.333. The number of hydrogen-bond acceptors (Lipinski definition) is 2. The first-order valence-electron chi connectivity index (χ1n) is 6.97. The molecular formula is C18H20ClNO. The molecule has 1 fully saturated rings. The second-order valence-corrected chi connectivity index (χ2v) is 6.19. The van der Waals surface area contributed by atoms with Crippen LogP contribution in [0, 0.1) is 0 Å². The minimum Gasteiger partial charge on any atom is -0.457 e. The van der Waals surface area contributed by atoms with Gasteiger partial charge in [-0.3, -0.25) is 0 Å². The highest BCUT2D eigenvalue weighted by Crippen LogP contribution is 2.49. The van der Waals surface area contributed by atoms with E-state index in [1.54, 1.807) is 0 Å². The number of rotatable bonds is 0. The minimum atomic E-state index is 0. The average Bonchev–Trinajstić information content (AvgIpc) is 2.78. The summed E-state index contributed by atoms with van der Waals surface area (Å²) in [5, 5.41) is 0.784. The molecule has 2 aromatic rings. The second-order valence-electron chi connectivity index (χ2n) is 5.76. The molecule has 0 spiro atoms. The van der Waals surface area contributed by atoms with Crippen molar-refractivity contribution in [2.24, 2.45) is 0 Å². The van der Waals surface area contributed by atoms with Crippen molar-refractivity contribution in [1.82, 2.24) is 4.90 Å². The van der Waals surface area contributed by atoms with Gasteiger partial charge in [0.15, 0.2) is 0 Å². The molecule has 1 saturated heterocycles. The monoisotopic (exact) mass is 301 g/mol.